The third-order valence-corrected chi connectivity index (χ3v) is 4.44. The van der Waals surface area contributed by atoms with Gasteiger partial charge in [0.1, 0.15) is 0 Å². The molecular weight excluding hydrogens is 288 g/mol. The highest BCUT2D eigenvalue weighted by atomic mass is 32.1. The van der Waals surface area contributed by atoms with Crippen molar-refractivity contribution in [2.75, 3.05) is 40.0 Å². The van der Waals surface area contributed by atoms with Crippen LogP contribution in [0.5, 0.6) is 0 Å². The Morgan fingerprint density at radius 2 is 2.24 bits per heavy atom. The molecular formula is C14H24N4O2S. The maximum absolute atomic E-state index is 5.58. The van der Waals surface area contributed by atoms with Crippen LogP contribution in [0.1, 0.15) is 15.6 Å². The molecule has 0 amide bonds. The highest BCUT2D eigenvalue weighted by Crippen LogP contribution is 2.16. The van der Waals surface area contributed by atoms with Crippen molar-refractivity contribution < 1.29 is 9.47 Å². The largest absolute Gasteiger partial charge is 0.376 e. The van der Waals surface area contributed by atoms with Crippen molar-refractivity contribution in [3.63, 3.8) is 0 Å². The molecule has 0 saturated carbocycles. The lowest BCUT2D eigenvalue weighted by atomic mass is 10.3. The zero-order valence-corrected chi connectivity index (χ0v) is 13.8. The predicted molar refractivity (Wildman–Crippen MR) is 85.2 cm³/mol. The van der Waals surface area contributed by atoms with Crippen molar-refractivity contribution in [1.29, 1.82) is 0 Å². The molecule has 1 unspecified atom stereocenters. The monoisotopic (exact) mass is 312 g/mol. The molecule has 2 N–H and O–H groups in total. The van der Waals surface area contributed by atoms with Gasteiger partial charge in [-0.3, -0.25) is 4.99 Å². The first-order chi connectivity index (χ1) is 10.2. The van der Waals surface area contributed by atoms with Gasteiger partial charge >= 0.3 is 0 Å². The number of hydrogen-bond donors (Lipinski definition) is 2. The van der Waals surface area contributed by atoms with Gasteiger partial charge in [0.15, 0.2) is 5.96 Å². The quantitative estimate of drug-likeness (QED) is 0.624. The van der Waals surface area contributed by atoms with E-state index in [2.05, 4.69) is 34.5 Å². The lowest BCUT2D eigenvalue weighted by Gasteiger charge is -2.24. The predicted octanol–water partition coefficient (Wildman–Crippen LogP) is 0.883. The highest BCUT2D eigenvalue weighted by molar-refractivity contribution is 7.11. The van der Waals surface area contributed by atoms with Crippen LogP contribution < -0.4 is 10.6 Å². The number of aryl methyl sites for hydroxylation is 2. The van der Waals surface area contributed by atoms with Crippen LogP contribution in [-0.4, -0.2) is 57.0 Å². The van der Waals surface area contributed by atoms with Crippen LogP contribution >= 0.6 is 11.3 Å². The topological polar surface area (TPSA) is 67.8 Å². The molecule has 1 saturated heterocycles. The van der Waals surface area contributed by atoms with Crippen molar-refractivity contribution in [3.8, 4) is 0 Å². The summed E-state index contributed by atoms with van der Waals surface area (Å²) in [7, 11) is 1.77. The summed E-state index contributed by atoms with van der Waals surface area (Å²) in [4.78, 5) is 10.0. The molecule has 1 aliphatic rings. The van der Waals surface area contributed by atoms with E-state index in [0.29, 0.717) is 26.4 Å². The van der Waals surface area contributed by atoms with Crippen molar-refractivity contribution in [1.82, 2.24) is 15.6 Å². The van der Waals surface area contributed by atoms with E-state index in [4.69, 9.17) is 9.47 Å². The van der Waals surface area contributed by atoms with Crippen LogP contribution in [0.2, 0.25) is 0 Å². The molecule has 1 atom stereocenters. The van der Waals surface area contributed by atoms with Crippen molar-refractivity contribution in [3.05, 3.63) is 15.6 Å². The Hall–Kier alpha value is -1.18. The van der Waals surface area contributed by atoms with Crippen molar-refractivity contribution >= 4 is 17.3 Å². The molecule has 0 aromatic carbocycles. The van der Waals surface area contributed by atoms with Crippen molar-refractivity contribution in [2.24, 2.45) is 4.99 Å². The molecule has 2 heterocycles. The second kappa shape index (κ2) is 8.31. The number of thiazole rings is 1. The van der Waals surface area contributed by atoms with Gasteiger partial charge in [-0.25, -0.2) is 4.98 Å². The normalized spacial score (nSPS) is 19.6. The minimum atomic E-state index is 0.0987. The van der Waals surface area contributed by atoms with Crippen LogP contribution in [0.15, 0.2) is 4.99 Å². The van der Waals surface area contributed by atoms with Gasteiger partial charge in [0.25, 0.3) is 0 Å². The number of aromatic nitrogens is 1. The van der Waals surface area contributed by atoms with Crippen LogP contribution in [-0.2, 0) is 15.9 Å². The number of ether oxygens (including phenoxy) is 2. The molecule has 7 heteroatoms. The summed E-state index contributed by atoms with van der Waals surface area (Å²) in [5.41, 5.74) is 1.13. The van der Waals surface area contributed by atoms with Crippen LogP contribution in [0.4, 0.5) is 0 Å². The van der Waals surface area contributed by atoms with E-state index in [1.165, 1.54) is 4.88 Å². The number of nitrogens with zero attached hydrogens (tertiary/aromatic N) is 2. The fourth-order valence-corrected chi connectivity index (χ4v) is 2.95. The standard InChI is InChI=1S/C14H24N4O2S/c1-10-11(2)21-13(18-10)4-5-16-14(15-3)17-8-12-9-19-6-7-20-12/h12H,4-9H2,1-3H3,(H2,15,16,17). The highest BCUT2D eigenvalue weighted by Gasteiger charge is 2.14. The van der Waals surface area contributed by atoms with Crippen molar-refractivity contribution in [2.45, 2.75) is 26.4 Å². The molecule has 6 nitrogen and oxygen atoms in total. The summed E-state index contributed by atoms with van der Waals surface area (Å²) in [5.74, 6) is 0.786. The fraction of sp³-hybridized carbons (Fsp3) is 0.714. The summed E-state index contributed by atoms with van der Waals surface area (Å²) in [5, 5.41) is 7.72. The summed E-state index contributed by atoms with van der Waals surface area (Å²) < 4.78 is 11.0. The minimum Gasteiger partial charge on any atom is -0.376 e. The Morgan fingerprint density at radius 3 is 2.86 bits per heavy atom. The van der Waals surface area contributed by atoms with Gasteiger partial charge in [0.2, 0.25) is 0 Å². The summed E-state index contributed by atoms with van der Waals surface area (Å²) >= 11 is 1.76. The maximum atomic E-state index is 5.58. The van der Waals surface area contributed by atoms with Gasteiger partial charge in [0, 0.05) is 31.4 Å². The zero-order valence-electron chi connectivity index (χ0n) is 12.9. The maximum Gasteiger partial charge on any atom is 0.191 e. The average molecular weight is 312 g/mol. The molecule has 1 fully saturated rings. The molecule has 2 rings (SSSR count). The molecule has 0 radical (unpaired) electrons. The number of nitrogens with one attached hydrogen (secondary N) is 2. The molecule has 1 aromatic heterocycles. The molecule has 21 heavy (non-hydrogen) atoms. The van der Waals surface area contributed by atoms with E-state index in [0.717, 1.165) is 29.6 Å². The number of hydrogen-bond acceptors (Lipinski definition) is 5. The number of rotatable bonds is 5. The van der Waals surface area contributed by atoms with Gasteiger partial charge in [-0.2, -0.15) is 0 Å². The van der Waals surface area contributed by atoms with E-state index in [-0.39, 0.29) is 6.10 Å². The van der Waals surface area contributed by atoms with Crippen LogP contribution in [0, 0.1) is 13.8 Å². The Bertz CT molecular complexity index is 450. The third-order valence-electron chi connectivity index (χ3n) is 3.31. The SMILES string of the molecule is CN=C(NCCc1nc(C)c(C)s1)NCC1COCCO1. The summed E-state index contributed by atoms with van der Waals surface area (Å²) in [6, 6.07) is 0. The van der Waals surface area contributed by atoms with Gasteiger partial charge in [-0.05, 0) is 13.8 Å². The first-order valence-corrected chi connectivity index (χ1v) is 8.07. The second-order valence-electron chi connectivity index (χ2n) is 4.95. The van der Waals surface area contributed by atoms with E-state index in [1.54, 1.807) is 18.4 Å². The van der Waals surface area contributed by atoms with Gasteiger partial charge in [-0.1, -0.05) is 0 Å². The molecule has 1 aromatic rings. The number of aliphatic imine (C=N–C) groups is 1. The van der Waals surface area contributed by atoms with Gasteiger partial charge < -0.3 is 20.1 Å². The average Bonchev–Trinajstić information content (AvgIpc) is 2.82. The van der Waals surface area contributed by atoms with E-state index >= 15 is 0 Å². The summed E-state index contributed by atoms with van der Waals surface area (Å²) in [6.07, 6.45) is 1.00. The Morgan fingerprint density at radius 1 is 1.38 bits per heavy atom. The molecule has 0 aliphatic carbocycles. The Balaban J connectivity index is 1.67. The molecule has 0 spiro atoms. The number of guanidine groups is 1. The van der Waals surface area contributed by atoms with Crippen LogP contribution in [0.25, 0.3) is 0 Å². The second-order valence-corrected chi connectivity index (χ2v) is 6.23. The zero-order chi connectivity index (χ0) is 15.1. The summed E-state index contributed by atoms with van der Waals surface area (Å²) in [6.45, 7) is 7.67. The van der Waals surface area contributed by atoms with E-state index in [9.17, 15) is 0 Å². The lowest BCUT2D eigenvalue weighted by Crippen LogP contribution is -2.45. The Kier molecular flexibility index (Phi) is 6.41. The molecule has 1 aliphatic heterocycles. The minimum absolute atomic E-state index is 0.0987. The first-order valence-electron chi connectivity index (χ1n) is 7.26. The smallest absolute Gasteiger partial charge is 0.191 e. The van der Waals surface area contributed by atoms with E-state index in [1.807, 2.05) is 0 Å². The molecule has 0 bridgehead atoms. The first kappa shape index (κ1) is 16.2. The van der Waals surface area contributed by atoms with E-state index < -0.39 is 0 Å². The van der Waals surface area contributed by atoms with Gasteiger partial charge in [0.05, 0.1) is 36.6 Å². The Labute approximate surface area is 130 Å². The van der Waals surface area contributed by atoms with Gasteiger partial charge in [-0.15, -0.1) is 11.3 Å². The lowest BCUT2D eigenvalue weighted by molar-refractivity contribution is -0.0850. The van der Waals surface area contributed by atoms with Crippen LogP contribution in [0.3, 0.4) is 0 Å². The third kappa shape index (κ3) is 5.26. The molecule has 118 valence electrons. The fourth-order valence-electron chi connectivity index (χ4n) is 2.02.